The van der Waals surface area contributed by atoms with E-state index in [1.54, 1.807) is 60.7 Å². The third-order valence-corrected chi connectivity index (χ3v) is 9.21. The van der Waals surface area contributed by atoms with Crippen molar-refractivity contribution in [2.45, 2.75) is 96.2 Å². The van der Waals surface area contributed by atoms with Crippen molar-refractivity contribution in [3.63, 3.8) is 0 Å². The summed E-state index contributed by atoms with van der Waals surface area (Å²) in [6.45, 7) is 7.53. The van der Waals surface area contributed by atoms with Gasteiger partial charge in [-0.1, -0.05) is 88.4 Å². The number of carbonyl (C=O) groups is 6. The van der Waals surface area contributed by atoms with Gasteiger partial charge in [0.25, 0.3) is 0 Å². The summed E-state index contributed by atoms with van der Waals surface area (Å²) in [6, 6.07) is 13.4. The number of aliphatic hydroxyl groups excluding tert-OH is 2. The topological polar surface area (TPSA) is 209 Å². The molecule has 1 aliphatic rings. The van der Waals surface area contributed by atoms with Gasteiger partial charge >= 0.3 is 11.9 Å². The summed E-state index contributed by atoms with van der Waals surface area (Å²) < 4.78 is 9.75. The molecule has 4 amide bonds. The first kappa shape index (κ1) is 42.6. The van der Waals surface area contributed by atoms with Crippen LogP contribution in [0.15, 0.2) is 60.7 Å². The number of rotatable bonds is 18. The van der Waals surface area contributed by atoms with Gasteiger partial charge in [-0.05, 0) is 42.2 Å². The molecule has 0 radical (unpaired) electrons. The van der Waals surface area contributed by atoms with E-state index in [4.69, 9.17) is 9.47 Å². The van der Waals surface area contributed by atoms with Crippen LogP contribution >= 0.6 is 0 Å². The van der Waals surface area contributed by atoms with Gasteiger partial charge in [-0.15, -0.1) is 0 Å². The molecule has 0 unspecified atom stereocenters. The highest BCUT2D eigenvalue weighted by Gasteiger charge is 2.49. The second-order valence-electron chi connectivity index (χ2n) is 14.4. The van der Waals surface area contributed by atoms with Crippen LogP contribution in [0.3, 0.4) is 0 Å². The van der Waals surface area contributed by atoms with E-state index in [2.05, 4.69) is 21.3 Å². The Labute approximate surface area is 310 Å². The maximum atomic E-state index is 13.7. The molecule has 53 heavy (non-hydrogen) atoms. The molecule has 2 aromatic carbocycles. The fourth-order valence-electron chi connectivity index (χ4n) is 6.43. The zero-order valence-electron chi connectivity index (χ0n) is 31.2. The predicted octanol–water partition coefficient (Wildman–Crippen LogP) is 1.21. The Morgan fingerprint density at radius 3 is 1.23 bits per heavy atom. The number of aliphatic hydroxyl groups is 2. The van der Waals surface area contributed by atoms with E-state index in [1.807, 2.05) is 27.7 Å². The lowest BCUT2D eigenvalue weighted by molar-refractivity contribution is -0.146. The molecular weight excluding hydrogens is 684 g/mol. The van der Waals surface area contributed by atoms with E-state index in [0.717, 1.165) is 0 Å². The molecule has 290 valence electrons. The molecule has 0 bridgehead atoms. The van der Waals surface area contributed by atoms with Gasteiger partial charge in [-0.25, -0.2) is 9.59 Å². The minimum Gasteiger partial charge on any atom is -0.467 e. The molecule has 0 saturated heterocycles. The predicted molar refractivity (Wildman–Crippen MR) is 195 cm³/mol. The Balaban J connectivity index is 1.80. The van der Waals surface area contributed by atoms with Crippen LogP contribution in [-0.4, -0.2) is 96.4 Å². The molecule has 8 atom stereocenters. The summed E-state index contributed by atoms with van der Waals surface area (Å²) in [6.07, 6.45) is -2.98. The van der Waals surface area contributed by atoms with Crippen molar-refractivity contribution in [3.05, 3.63) is 71.8 Å². The van der Waals surface area contributed by atoms with Crippen LogP contribution in [-0.2, 0) is 51.1 Å². The fourth-order valence-corrected chi connectivity index (χ4v) is 6.43. The zero-order chi connectivity index (χ0) is 39.2. The summed E-state index contributed by atoms with van der Waals surface area (Å²) in [5, 5.41) is 32.7. The molecule has 14 nitrogen and oxygen atoms in total. The Morgan fingerprint density at radius 1 is 0.585 bits per heavy atom. The molecule has 0 spiro atoms. The third-order valence-electron chi connectivity index (χ3n) is 9.21. The molecule has 0 aliphatic heterocycles. The monoisotopic (exact) mass is 738 g/mol. The van der Waals surface area contributed by atoms with Crippen LogP contribution in [0.2, 0.25) is 0 Å². The normalized spacial score (nSPS) is 20.4. The molecular formula is C39H54N4O10. The highest BCUT2D eigenvalue weighted by molar-refractivity contribution is 5.94. The molecule has 1 saturated carbocycles. The van der Waals surface area contributed by atoms with Crippen LogP contribution in [0.5, 0.6) is 0 Å². The van der Waals surface area contributed by atoms with Gasteiger partial charge in [0, 0.05) is 12.8 Å². The average molecular weight is 739 g/mol. The number of esters is 2. The van der Waals surface area contributed by atoms with Crippen LogP contribution in [0.1, 0.15) is 58.1 Å². The van der Waals surface area contributed by atoms with Crippen LogP contribution in [0, 0.1) is 23.7 Å². The summed E-state index contributed by atoms with van der Waals surface area (Å²) in [5.74, 6) is -6.68. The Kier molecular flexibility index (Phi) is 16.4. The summed E-state index contributed by atoms with van der Waals surface area (Å²) in [7, 11) is 2.43. The molecule has 1 fully saturated rings. The van der Waals surface area contributed by atoms with Gasteiger partial charge < -0.3 is 41.0 Å². The molecule has 0 heterocycles. The molecule has 6 N–H and O–H groups in total. The van der Waals surface area contributed by atoms with Gasteiger partial charge in [0.1, 0.15) is 24.2 Å². The summed E-state index contributed by atoms with van der Waals surface area (Å²) >= 11 is 0. The van der Waals surface area contributed by atoms with Gasteiger partial charge in [0.2, 0.25) is 23.6 Å². The molecule has 0 aromatic heterocycles. The van der Waals surface area contributed by atoms with E-state index in [1.165, 1.54) is 14.2 Å². The van der Waals surface area contributed by atoms with E-state index in [0.29, 0.717) is 24.0 Å². The Bertz CT molecular complexity index is 1420. The number of ether oxygens (including phenoxy) is 2. The van der Waals surface area contributed by atoms with E-state index in [9.17, 15) is 39.0 Å². The Morgan fingerprint density at radius 2 is 0.925 bits per heavy atom. The number of amides is 4. The van der Waals surface area contributed by atoms with Crippen LogP contribution in [0.25, 0.3) is 0 Å². The van der Waals surface area contributed by atoms with Gasteiger partial charge in [-0.3, -0.25) is 19.2 Å². The highest BCUT2D eigenvalue weighted by atomic mass is 16.5. The molecule has 1 aliphatic carbocycles. The van der Waals surface area contributed by atoms with Crippen molar-refractivity contribution >= 4 is 35.6 Å². The van der Waals surface area contributed by atoms with Crippen molar-refractivity contribution in [2.24, 2.45) is 23.7 Å². The zero-order valence-corrected chi connectivity index (χ0v) is 31.2. The number of hydrogen-bond acceptors (Lipinski definition) is 10. The van der Waals surface area contributed by atoms with Crippen LogP contribution < -0.4 is 21.3 Å². The molecule has 2 aromatic rings. The lowest BCUT2D eigenvalue weighted by atomic mass is 9.98. The SMILES string of the molecule is COC(=O)[C@H](CC(C)C)NC(=O)[C@H](Cc1ccccc1)NC(=O)[C@H]1C[C@@H](C(=O)N[C@@H](Cc2ccccc2)C(=O)N[C@@H](CC(C)C)C(=O)OC)[C@@H](O)[C@H]1O. The van der Waals surface area contributed by atoms with Gasteiger partial charge in [0.05, 0.1) is 38.3 Å². The van der Waals surface area contributed by atoms with Crippen molar-refractivity contribution in [1.29, 1.82) is 0 Å². The van der Waals surface area contributed by atoms with E-state index < -0.39 is 83.8 Å². The standard InChI is InChI=1S/C39H54N4O10/c1-22(2)17-30(38(50)52-5)42-36(48)28(19-24-13-9-7-10-14-24)40-34(46)26-21-27(33(45)32(26)44)35(47)41-29(20-25-15-11-8-12-16-25)37(49)43-31(18-23(3)4)39(51)53-6/h7-16,22-23,26-33,44-45H,17-21H2,1-6H3,(H,40,46)(H,41,47)(H,42,48)(H,43,49)/t26-,27+,28-,29-,30-,31-,32-,33+/m0/s1. The highest BCUT2D eigenvalue weighted by Crippen LogP contribution is 2.33. The maximum Gasteiger partial charge on any atom is 0.328 e. The largest absolute Gasteiger partial charge is 0.467 e. The van der Waals surface area contributed by atoms with Gasteiger partial charge in [-0.2, -0.15) is 0 Å². The number of benzene rings is 2. The third kappa shape index (κ3) is 12.7. The maximum absolute atomic E-state index is 13.7. The minimum atomic E-state index is -1.67. The van der Waals surface area contributed by atoms with E-state index >= 15 is 0 Å². The first-order chi connectivity index (χ1) is 25.1. The van der Waals surface area contributed by atoms with Gasteiger partial charge in [0.15, 0.2) is 0 Å². The first-order valence-electron chi connectivity index (χ1n) is 18.0. The average Bonchev–Trinajstić information content (AvgIpc) is 3.43. The second kappa shape index (κ2) is 20.4. The van der Waals surface area contributed by atoms with Crippen molar-refractivity contribution in [1.82, 2.24) is 21.3 Å². The number of nitrogens with one attached hydrogen (secondary N) is 4. The van der Waals surface area contributed by atoms with Crippen molar-refractivity contribution in [3.8, 4) is 0 Å². The molecule has 3 rings (SSSR count). The lowest BCUT2D eigenvalue weighted by Crippen LogP contribution is -2.54. The number of hydrogen-bond donors (Lipinski definition) is 6. The minimum absolute atomic E-state index is 0.0347. The summed E-state index contributed by atoms with van der Waals surface area (Å²) in [4.78, 5) is 79.5. The molecule has 14 heteroatoms. The van der Waals surface area contributed by atoms with Crippen molar-refractivity contribution in [2.75, 3.05) is 14.2 Å². The van der Waals surface area contributed by atoms with Crippen molar-refractivity contribution < 1.29 is 48.5 Å². The quantitative estimate of drug-likeness (QED) is 0.121. The second-order valence-corrected chi connectivity index (χ2v) is 14.4. The smallest absolute Gasteiger partial charge is 0.328 e. The van der Waals surface area contributed by atoms with E-state index in [-0.39, 0.29) is 31.1 Å². The first-order valence-corrected chi connectivity index (χ1v) is 18.0. The van der Waals surface area contributed by atoms with Crippen LogP contribution in [0.4, 0.5) is 0 Å². The fraction of sp³-hybridized carbons (Fsp3) is 0.538. The summed E-state index contributed by atoms with van der Waals surface area (Å²) in [5.41, 5.74) is 1.42. The number of carbonyl (C=O) groups excluding carboxylic acids is 6. The Hall–Kier alpha value is -4.82. The lowest BCUT2D eigenvalue weighted by Gasteiger charge is -2.25. The number of methoxy groups -OCH3 is 2.